The van der Waals surface area contributed by atoms with Crippen LogP contribution in [0.4, 0.5) is 5.69 Å². The third-order valence-electron chi connectivity index (χ3n) is 8.30. The number of likely N-dealkylation sites (N-methyl/N-ethyl adjacent to an activating group) is 1. The molecule has 2 amide bonds. The van der Waals surface area contributed by atoms with Gasteiger partial charge < -0.3 is 10.2 Å². The Morgan fingerprint density at radius 3 is 2.31 bits per heavy atom. The van der Waals surface area contributed by atoms with Crippen LogP contribution in [0.5, 0.6) is 0 Å². The predicted molar refractivity (Wildman–Crippen MR) is 127 cm³/mol. The number of rotatable bonds is 6. The number of hydrogen-bond donors (Lipinski definition) is 1. The summed E-state index contributed by atoms with van der Waals surface area (Å²) in [6, 6.07) is 18.7. The minimum absolute atomic E-state index is 0.103. The van der Waals surface area contributed by atoms with Crippen molar-refractivity contribution in [3.8, 4) is 0 Å². The van der Waals surface area contributed by atoms with Gasteiger partial charge in [0.15, 0.2) is 0 Å². The van der Waals surface area contributed by atoms with Crippen LogP contribution in [0.25, 0.3) is 0 Å². The van der Waals surface area contributed by atoms with Gasteiger partial charge in [-0.3, -0.25) is 9.59 Å². The van der Waals surface area contributed by atoms with Crippen molar-refractivity contribution in [2.24, 2.45) is 17.3 Å². The van der Waals surface area contributed by atoms with Crippen LogP contribution in [0.15, 0.2) is 54.6 Å². The van der Waals surface area contributed by atoms with Crippen molar-refractivity contribution in [2.45, 2.75) is 57.3 Å². The van der Waals surface area contributed by atoms with Crippen LogP contribution in [0.2, 0.25) is 0 Å². The lowest BCUT2D eigenvalue weighted by atomic mass is 9.42. The van der Waals surface area contributed by atoms with Gasteiger partial charge in [-0.1, -0.05) is 55.5 Å². The number of nitrogens with one attached hydrogen (secondary N) is 1. The Hall–Kier alpha value is -2.62. The average molecular weight is 431 g/mol. The summed E-state index contributed by atoms with van der Waals surface area (Å²) in [5.74, 6) is 1.30. The van der Waals surface area contributed by atoms with Gasteiger partial charge in [0.25, 0.3) is 0 Å². The zero-order valence-electron chi connectivity index (χ0n) is 19.3. The summed E-state index contributed by atoms with van der Waals surface area (Å²) in [6.07, 6.45) is 7.45. The van der Waals surface area contributed by atoms with Crippen LogP contribution in [0.3, 0.4) is 0 Å². The molecule has 2 aromatic rings. The van der Waals surface area contributed by atoms with Crippen molar-refractivity contribution in [2.75, 3.05) is 18.9 Å². The number of hydrogen-bond acceptors (Lipinski definition) is 2. The number of para-hydroxylation sites is 1. The number of anilines is 1. The molecule has 0 heterocycles. The van der Waals surface area contributed by atoms with Gasteiger partial charge in [0, 0.05) is 12.7 Å². The zero-order chi connectivity index (χ0) is 22.3. The predicted octanol–water partition coefficient (Wildman–Crippen LogP) is 5.18. The standard InChI is InChI=1S/C28H34N2O2/c1-3-22-9-7-8-12-24(22)29-25(31)18-30(2)26(32)28-16-20-13-21(17-28)15-27(14-20,19-28)23-10-5-4-6-11-23/h4-12,20-21H,3,13-19H2,1-2H3,(H,29,31). The smallest absolute Gasteiger partial charge is 0.243 e. The molecule has 32 heavy (non-hydrogen) atoms. The molecule has 4 fully saturated rings. The Morgan fingerprint density at radius 2 is 1.62 bits per heavy atom. The molecule has 4 aliphatic rings. The topological polar surface area (TPSA) is 49.4 Å². The lowest BCUT2D eigenvalue weighted by Crippen LogP contribution is -2.59. The third kappa shape index (κ3) is 3.64. The first-order valence-corrected chi connectivity index (χ1v) is 12.1. The van der Waals surface area contributed by atoms with Gasteiger partial charge in [0.1, 0.15) is 0 Å². The van der Waals surface area contributed by atoms with Crippen LogP contribution < -0.4 is 5.32 Å². The van der Waals surface area contributed by atoms with E-state index in [-0.39, 0.29) is 29.2 Å². The van der Waals surface area contributed by atoms with E-state index in [4.69, 9.17) is 0 Å². The number of amides is 2. The minimum atomic E-state index is -0.309. The summed E-state index contributed by atoms with van der Waals surface area (Å²) in [7, 11) is 1.81. The van der Waals surface area contributed by atoms with Crippen molar-refractivity contribution in [1.82, 2.24) is 4.90 Å². The molecule has 2 aromatic carbocycles. The molecule has 0 aromatic heterocycles. The van der Waals surface area contributed by atoms with Gasteiger partial charge in [-0.15, -0.1) is 0 Å². The molecule has 4 heteroatoms. The fourth-order valence-electron chi connectivity index (χ4n) is 7.47. The summed E-state index contributed by atoms with van der Waals surface area (Å²) in [4.78, 5) is 28.3. The molecule has 0 radical (unpaired) electrons. The van der Waals surface area contributed by atoms with Gasteiger partial charge in [-0.25, -0.2) is 0 Å². The highest BCUT2D eigenvalue weighted by Crippen LogP contribution is 2.66. The zero-order valence-corrected chi connectivity index (χ0v) is 19.3. The second-order valence-corrected chi connectivity index (χ2v) is 10.6. The van der Waals surface area contributed by atoms with E-state index in [1.807, 2.05) is 24.3 Å². The maximum Gasteiger partial charge on any atom is 0.243 e. The van der Waals surface area contributed by atoms with E-state index in [0.717, 1.165) is 36.9 Å². The van der Waals surface area contributed by atoms with Crippen molar-refractivity contribution in [3.05, 3.63) is 65.7 Å². The van der Waals surface area contributed by atoms with Crippen LogP contribution in [-0.4, -0.2) is 30.3 Å². The summed E-state index contributed by atoms with van der Waals surface area (Å²) >= 11 is 0. The van der Waals surface area contributed by atoms with Crippen LogP contribution in [0.1, 0.15) is 56.6 Å². The van der Waals surface area contributed by atoms with Crippen molar-refractivity contribution in [1.29, 1.82) is 0 Å². The molecule has 4 aliphatic carbocycles. The Morgan fingerprint density at radius 1 is 0.969 bits per heavy atom. The highest BCUT2D eigenvalue weighted by Gasteiger charge is 2.61. The van der Waals surface area contributed by atoms with Crippen molar-refractivity contribution < 1.29 is 9.59 Å². The molecule has 4 nitrogen and oxygen atoms in total. The lowest BCUT2D eigenvalue weighted by molar-refractivity contribution is -0.159. The Balaban J connectivity index is 1.33. The van der Waals surface area contributed by atoms with Crippen molar-refractivity contribution >= 4 is 17.5 Å². The molecule has 168 valence electrons. The molecule has 1 N–H and O–H groups in total. The fourth-order valence-corrected chi connectivity index (χ4v) is 7.47. The van der Waals surface area contributed by atoms with E-state index < -0.39 is 0 Å². The second-order valence-electron chi connectivity index (χ2n) is 10.6. The number of benzene rings is 2. The monoisotopic (exact) mass is 430 g/mol. The van der Waals surface area contributed by atoms with Gasteiger partial charge in [-0.2, -0.15) is 0 Å². The largest absolute Gasteiger partial charge is 0.336 e. The fraction of sp³-hybridized carbons (Fsp3) is 0.500. The Labute approximate surface area is 191 Å². The summed E-state index contributed by atoms with van der Waals surface area (Å²) in [5, 5.41) is 3.02. The normalized spacial score (nSPS) is 30.2. The average Bonchev–Trinajstić information content (AvgIpc) is 2.78. The van der Waals surface area contributed by atoms with Gasteiger partial charge in [0.2, 0.25) is 11.8 Å². The molecule has 0 saturated heterocycles. The van der Waals surface area contributed by atoms with E-state index in [9.17, 15) is 9.59 Å². The molecule has 0 spiro atoms. The van der Waals surface area contributed by atoms with E-state index in [1.54, 1.807) is 11.9 Å². The quantitative estimate of drug-likeness (QED) is 0.686. The van der Waals surface area contributed by atoms with Crippen LogP contribution in [0, 0.1) is 17.3 Å². The number of carbonyl (C=O) groups is 2. The third-order valence-corrected chi connectivity index (χ3v) is 8.30. The SMILES string of the molecule is CCc1ccccc1NC(=O)CN(C)C(=O)C12CC3CC(C1)CC(c1ccccc1)(C3)C2. The van der Waals surface area contributed by atoms with Gasteiger partial charge in [-0.05, 0) is 79.4 Å². The second kappa shape index (κ2) is 8.06. The Kier molecular flexibility index (Phi) is 5.35. The highest BCUT2D eigenvalue weighted by atomic mass is 16.2. The van der Waals surface area contributed by atoms with E-state index in [2.05, 4.69) is 42.6 Å². The van der Waals surface area contributed by atoms with E-state index in [0.29, 0.717) is 11.8 Å². The van der Waals surface area contributed by atoms with E-state index >= 15 is 0 Å². The van der Waals surface area contributed by atoms with Crippen LogP contribution >= 0.6 is 0 Å². The number of aryl methyl sites for hydroxylation is 1. The molecule has 0 aliphatic heterocycles. The maximum atomic E-state index is 13.8. The molecule has 2 atom stereocenters. The summed E-state index contributed by atoms with van der Waals surface area (Å²) < 4.78 is 0. The summed E-state index contributed by atoms with van der Waals surface area (Å²) in [6.45, 7) is 2.18. The van der Waals surface area contributed by atoms with E-state index in [1.165, 1.54) is 24.8 Å². The number of nitrogens with zero attached hydrogens (tertiary/aromatic N) is 1. The molecular weight excluding hydrogens is 396 g/mol. The van der Waals surface area contributed by atoms with Gasteiger partial charge >= 0.3 is 0 Å². The first-order chi connectivity index (χ1) is 15.4. The maximum absolute atomic E-state index is 13.8. The minimum Gasteiger partial charge on any atom is -0.336 e. The number of carbonyl (C=O) groups excluding carboxylic acids is 2. The molecular formula is C28H34N2O2. The van der Waals surface area contributed by atoms with Crippen molar-refractivity contribution in [3.63, 3.8) is 0 Å². The molecule has 4 saturated carbocycles. The first kappa shape index (κ1) is 21.2. The lowest BCUT2D eigenvalue weighted by Gasteiger charge is -2.62. The van der Waals surface area contributed by atoms with Crippen LogP contribution in [-0.2, 0) is 21.4 Å². The molecule has 4 bridgehead atoms. The van der Waals surface area contributed by atoms with Gasteiger partial charge in [0.05, 0.1) is 12.0 Å². The Bertz CT molecular complexity index is 1000. The summed E-state index contributed by atoms with van der Waals surface area (Å²) in [5.41, 5.74) is 3.18. The molecule has 2 unspecified atom stereocenters. The molecule has 6 rings (SSSR count). The highest BCUT2D eigenvalue weighted by molar-refractivity contribution is 5.96. The first-order valence-electron chi connectivity index (χ1n) is 12.1.